The molecule has 1 atom stereocenters. The van der Waals surface area contributed by atoms with Gasteiger partial charge in [0.1, 0.15) is 17.1 Å². The Morgan fingerprint density at radius 1 is 1.09 bits per heavy atom. The lowest BCUT2D eigenvalue weighted by Gasteiger charge is -2.40. The molecule has 0 aliphatic heterocycles. The molecule has 1 aliphatic carbocycles. The van der Waals surface area contributed by atoms with Crippen molar-refractivity contribution >= 4 is 17.5 Å². The van der Waals surface area contributed by atoms with E-state index in [1.165, 1.54) is 6.92 Å². The number of rotatable bonds is 10. The Kier molecular flexibility index (Phi) is 9.59. The summed E-state index contributed by atoms with van der Waals surface area (Å²) in [5.41, 5.74) is -0.731. The maximum atomic E-state index is 14.1. The molecule has 0 radical (unpaired) electrons. The second-order valence-electron chi connectivity index (χ2n) is 10.4. The zero-order valence-corrected chi connectivity index (χ0v) is 22.1. The fraction of sp³-hybridized carbons (Fsp3) is 0.536. The van der Waals surface area contributed by atoms with Crippen molar-refractivity contribution in [1.29, 1.82) is 0 Å². The standard InChI is InChI=1S/C28H40O6/c1-16(2)11-12-21-24(31)22(23(30)18(5)6)25(32)28(14-13-17(3)4,26(21)34-20(8)29)15-19(7)27(9,10)33/h11,13,18,31,33H,7,12,14-15H2,1-6,8-10H3. The molecule has 6 heteroatoms. The smallest absolute Gasteiger partial charge is 0.307 e. The van der Waals surface area contributed by atoms with Crippen molar-refractivity contribution in [3.63, 3.8) is 0 Å². The number of carbonyl (C=O) groups excluding carboxylic acids is 3. The Labute approximate surface area is 203 Å². The molecule has 0 aromatic heterocycles. The average molecular weight is 473 g/mol. The predicted molar refractivity (Wildman–Crippen MR) is 134 cm³/mol. The SMILES string of the molecule is C=C(CC1(CC=C(C)C)C(=O)C(C(=O)C(C)C)=C(O)C(CC=C(C)C)=C1OC(C)=O)C(C)(C)O. The molecule has 0 aromatic carbocycles. The summed E-state index contributed by atoms with van der Waals surface area (Å²) in [6.07, 6.45) is 3.86. The minimum atomic E-state index is -1.53. The van der Waals surface area contributed by atoms with Gasteiger partial charge in [-0.05, 0) is 66.4 Å². The van der Waals surface area contributed by atoms with Gasteiger partial charge in [0.2, 0.25) is 0 Å². The molecule has 0 amide bonds. The third-order valence-electron chi connectivity index (χ3n) is 5.86. The van der Waals surface area contributed by atoms with Crippen LogP contribution >= 0.6 is 0 Å². The van der Waals surface area contributed by atoms with Gasteiger partial charge >= 0.3 is 5.97 Å². The van der Waals surface area contributed by atoms with Gasteiger partial charge in [-0.3, -0.25) is 14.4 Å². The largest absolute Gasteiger partial charge is 0.507 e. The third kappa shape index (κ3) is 6.66. The van der Waals surface area contributed by atoms with Gasteiger partial charge in [-0.25, -0.2) is 0 Å². The quantitative estimate of drug-likeness (QED) is 0.235. The van der Waals surface area contributed by atoms with Crippen LogP contribution in [0.15, 0.2) is 58.1 Å². The number of ether oxygens (including phenoxy) is 1. The van der Waals surface area contributed by atoms with Crippen molar-refractivity contribution in [3.8, 4) is 0 Å². The second kappa shape index (κ2) is 11.1. The lowest BCUT2D eigenvalue weighted by Crippen LogP contribution is -2.44. The highest BCUT2D eigenvalue weighted by atomic mass is 16.5. The minimum Gasteiger partial charge on any atom is -0.507 e. The van der Waals surface area contributed by atoms with Gasteiger partial charge < -0.3 is 14.9 Å². The fourth-order valence-electron chi connectivity index (χ4n) is 3.69. The van der Waals surface area contributed by atoms with Gasteiger partial charge in [0.15, 0.2) is 11.6 Å². The van der Waals surface area contributed by atoms with Gasteiger partial charge in [0.25, 0.3) is 0 Å². The van der Waals surface area contributed by atoms with Crippen molar-refractivity contribution in [2.75, 3.05) is 0 Å². The van der Waals surface area contributed by atoms with Crippen LogP contribution in [0.4, 0.5) is 0 Å². The van der Waals surface area contributed by atoms with Crippen LogP contribution in [0.1, 0.15) is 81.6 Å². The van der Waals surface area contributed by atoms with Gasteiger partial charge in [0.05, 0.1) is 11.0 Å². The van der Waals surface area contributed by atoms with Crippen LogP contribution in [0.5, 0.6) is 0 Å². The van der Waals surface area contributed by atoms with Gasteiger partial charge in [-0.2, -0.15) is 0 Å². The molecule has 34 heavy (non-hydrogen) atoms. The number of hydrogen-bond acceptors (Lipinski definition) is 6. The molecule has 188 valence electrons. The van der Waals surface area contributed by atoms with Crippen LogP contribution in [0.3, 0.4) is 0 Å². The molecule has 1 unspecified atom stereocenters. The first kappa shape index (κ1) is 29.3. The Morgan fingerprint density at radius 3 is 2.03 bits per heavy atom. The van der Waals surface area contributed by atoms with E-state index in [1.807, 2.05) is 39.8 Å². The summed E-state index contributed by atoms with van der Waals surface area (Å²) in [7, 11) is 0. The molecule has 2 N–H and O–H groups in total. The molecule has 0 heterocycles. The highest BCUT2D eigenvalue weighted by molar-refractivity contribution is 6.25. The van der Waals surface area contributed by atoms with Crippen LogP contribution in [0, 0.1) is 11.3 Å². The Bertz CT molecular complexity index is 986. The number of allylic oxidation sites excluding steroid dienone is 7. The molecule has 0 aromatic rings. The first-order valence-corrected chi connectivity index (χ1v) is 11.6. The molecule has 0 spiro atoms. The zero-order chi connectivity index (χ0) is 26.6. The van der Waals surface area contributed by atoms with E-state index >= 15 is 0 Å². The van der Waals surface area contributed by atoms with E-state index < -0.39 is 40.2 Å². The number of Topliss-reactive ketones (excluding diaryl/α,β-unsaturated/α-hetero) is 2. The van der Waals surface area contributed by atoms with E-state index in [9.17, 15) is 24.6 Å². The Hall–Kier alpha value is -2.73. The number of aliphatic hydroxyl groups excluding tert-OH is 1. The lowest BCUT2D eigenvalue weighted by molar-refractivity contribution is -0.141. The predicted octanol–water partition coefficient (Wildman–Crippen LogP) is 5.84. The summed E-state index contributed by atoms with van der Waals surface area (Å²) in [4.78, 5) is 39.5. The van der Waals surface area contributed by atoms with Gasteiger partial charge in [-0.15, -0.1) is 0 Å². The first-order chi connectivity index (χ1) is 15.5. The molecule has 0 fully saturated rings. The van der Waals surface area contributed by atoms with Crippen LogP contribution in [-0.2, 0) is 19.1 Å². The lowest BCUT2D eigenvalue weighted by atomic mass is 9.64. The van der Waals surface area contributed by atoms with E-state index in [-0.39, 0.29) is 36.2 Å². The van der Waals surface area contributed by atoms with E-state index in [4.69, 9.17) is 4.74 Å². The monoisotopic (exact) mass is 472 g/mol. The Balaban J connectivity index is 4.17. The normalized spacial score (nSPS) is 18.7. The van der Waals surface area contributed by atoms with Crippen LogP contribution < -0.4 is 0 Å². The number of carbonyl (C=O) groups is 3. The molecule has 0 saturated heterocycles. The summed E-state index contributed by atoms with van der Waals surface area (Å²) in [5.74, 6) is -2.78. The third-order valence-corrected chi connectivity index (χ3v) is 5.86. The summed E-state index contributed by atoms with van der Waals surface area (Å²) < 4.78 is 5.66. The number of esters is 1. The van der Waals surface area contributed by atoms with Crippen molar-refractivity contribution in [3.05, 3.63) is 58.1 Å². The molecule has 6 nitrogen and oxygen atoms in total. The van der Waals surface area contributed by atoms with Crippen LogP contribution in [0.2, 0.25) is 0 Å². The van der Waals surface area contributed by atoms with E-state index in [1.54, 1.807) is 27.7 Å². The summed E-state index contributed by atoms with van der Waals surface area (Å²) in [6, 6.07) is 0. The maximum absolute atomic E-state index is 14.1. The van der Waals surface area contributed by atoms with Crippen molar-refractivity contribution in [2.24, 2.45) is 11.3 Å². The van der Waals surface area contributed by atoms with Crippen molar-refractivity contribution < 1.29 is 29.3 Å². The minimum absolute atomic E-state index is 0.00297. The number of aliphatic hydroxyl groups is 2. The zero-order valence-electron chi connectivity index (χ0n) is 22.1. The Morgan fingerprint density at radius 2 is 1.62 bits per heavy atom. The van der Waals surface area contributed by atoms with Gasteiger partial charge in [-0.1, -0.05) is 43.7 Å². The fourth-order valence-corrected chi connectivity index (χ4v) is 3.69. The topological polar surface area (TPSA) is 101 Å². The van der Waals surface area contributed by atoms with Crippen molar-refractivity contribution in [1.82, 2.24) is 0 Å². The molecule has 1 aliphatic rings. The molecular formula is C28H40O6. The molecular weight excluding hydrogens is 432 g/mol. The highest BCUT2D eigenvalue weighted by Gasteiger charge is 2.53. The molecule has 0 saturated carbocycles. The van der Waals surface area contributed by atoms with E-state index in [0.29, 0.717) is 5.57 Å². The highest BCUT2D eigenvalue weighted by Crippen LogP contribution is 2.50. The van der Waals surface area contributed by atoms with E-state index in [0.717, 1.165) is 11.1 Å². The van der Waals surface area contributed by atoms with Gasteiger partial charge in [0, 0.05) is 18.4 Å². The molecule has 0 bridgehead atoms. The average Bonchev–Trinajstić information content (AvgIpc) is 2.68. The van der Waals surface area contributed by atoms with E-state index in [2.05, 4.69) is 6.58 Å². The summed E-state index contributed by atoms with van der Waals surface area (Å²) in [6.45, 7) is 19.2. The number of ketones is 2. The summed E-state index contributed by atoms with van der Waals surface area (Å²) in [5, 5.41) is 21.8. The van der Waals surface area contributed by atoms with Crippen LogP contribution in [0.25, 0.3) is 0 Å². The van der Waals surface area contributed by atoms with Crippen LogP contribution in [-0.4, -0.2) is 33.3 Å². The molecule has 1 rings (SSSR count). The summed E-state index contributed by atoms with van der Waals surface area (Å²) >= 11 is 0. The maximum Gasteiger partial charge on any atom is 0.307 e. The number of hydrogen-bond donors (Lipinski definition) is 2. The first-order valence-electron chi connectivity index (χ1n) is 11.6. The second-order valence-corrected chi connectivity index (χ2v) is 10.4. The van der Waals surface area contributed by atoms with Crippen molar-refractivity contribution in [2.45, 2.75) is 87.2 Å².